The van der Waals surface area contributed by atoms with Gasteiger partial charge < -0.3 is 15.2 Å². The molecule has 2 heterocycles. The molecule has 1 saturated heterocycles. The summed E-state index contributed by atoms with van der Waals surface area (Å²) in [6.07, 6.45) is 0.959. The maximum atomic E-state index is 6.26. The van der Waals surface area contributed by atoms with Gasteiger partial charge in [0.15, 0.2) is 0 Å². The lowest BCUT2D eigenvalue weighted by Gasteiger charge is -2.49. The Balaban J connectivity index is 2.12. The Morgan fingerprint density at radius 2 is 1.85 bits per heavy atom. The zero-order valence-corrected chi connectivity index (χ0v) is 12.4. The van der Waals surface area contributed by atoms with Crippen LogP contribution in [0.4, 0.5) is 0 Å². The first-order valence-corrected chi connectivity index (χ1v) is 7.45. The highest BCUT2D eigenvalue weighted by Gasteiger charge is 2.43. The topological polar surface area (TPSA) is 47.7 Å². The number of nitrogens with zero attached hydrogens (tertiary/aromatic N) is 1. The minimum absolute atomic E-state index is 0.0898. The molecular weight excluding hydrogens is 252 g/mol. The summed E-state index contributed by atoms with van der Waals surface area (Å²) in [6, 6.07) is 4.33. The molecule has 1 aromatic rings. The summed E-state index contributed by atoms with van der Waals surface area (Å²) >= 11 is 0. The summed E-state index contributed by atoms with van der Waals surface area (Å²) in [5, 5.41) is 0. The van der Waals surface area contributed by atoms with E-state index < -0.39 is 0 Å². The average Bonchev–Trinajstić information content (AvgIpc) is 2.51. The lowest BCUT2D eigenvalue weighted by atomic mass is 9.79. The summed E-state index contributed by atoms with van der Waals surface area (Å²) in [7, 11) is 0. The van der Waals surface area contributed by atoms with Crippen molar-refractivity contribution in [2.45, 2.75) is 25.8 Å². The van der Waals surface area contributed by atoms with Crippen molar-refractivity contribution in [3.8, 4) is 5.75 Å². The monoisotopic (exact) mass is 276 g/mol. The first kappa shape index (κ1) is 13.9. The van der Waals surface area contributed by atoms with Crippen molar-refractivity contribution in [3.05, 3.63) is 28.8 Å². The molecule has 0 saturated carbocycles. The third-order valence-corrected chi connectivity index (χ3v) is 4.74. The molecule has 1 fully saturated rings. The van der Waals surface area contributed by atoms with Gasteiger partial charge in [0.05, 0.1) is 25.4 Å². The second-order valence-corrected chi connectivity index (χ2v) is 5.84. The Kier molecular flexibility index (Phi) is 3.71. The van der Waals surface area contributed by atoms with E-state index >= 15 is 0 Å². The fraction of sp³-hybridized carbons (Fsp3) is 0.625. The molecule has 1 atom stereocenters. The van der Waals surface area contributed by atoms with Crippen LogP contribution in [0.2, 0.25) is 0 Å². The molecule has 1 aromatic carbocycles. The molecule has 2 aliphatic rings. The van der Waals surface area contributed by atoms with Crippen LogP contribution in [-0.2, 0) is 10.3 Å². The summed E-state index contributed by atoms with van der Waals surface area (Å²) in [4.78, 5) is 2.50. The number of ether oxygens (including phenoxy) is 2. The van der Waals surface area contributed by atoms with Crippen molar-refractivity contribution in [3.63, 3.8) is 0 Å². The number of hydrogen-bond acceptors (Lipinski definition) is 4. The van der Waals surface area contributed by atoms with Crippen molar-refractivity contribution in [2.24, 2.45) is 5.73 Å². The maximum absolute atomic E-state index is 6.26. The van der Waals surface area contributed by atoms with Gasteiger partial charge in [0, 0.05) is 31.6 Å². The van der Waals surface area contributed by atoms with Crippen molar-refractivity contribution in [1.82, 2.24) is 4.90 Å². The van der Waals surface area contributed by atoms with Crippen molar-refractivity contribution in [2.75, 3.05) is 39.5 Å². The molecule has 0 bridgehead atoms. The zero-order chi connectivity index (χ0) is 14.2. The van der Waals surface area contributed by atoms with Crippen molar-refractivity contribution in [1.29, 1.82) is 0 Å². The van der Waals surface area contributed by atoms with E-state index in [9.17, 15) is 0 Å². The summed E-state index contributed by atoms with van der Waals surface area (Å²) in [6.45, 7) is 9.14. The van der Waals surface area contributed by atoms with E-state index in [4.69, 9.17) is 15.2 Å². The van der Waals surface area contributed by atoms with Crippen LogP contribution in [0.3, 0.4) is 0 Å². The Hall–Kier alpha value is -1.10. The Bertz CT molecular complexity index is 497. The van der Waals surface area contributed by atoms with Gasteiger partial charge >= 0.3 is 0 Å². The van der Waals surface area contributed by atoms with Crippen molar-refractivity contribution >= 4 is 0 Å². The quantitative estimate of drug-likeness (QED) is 0.891. The molecule has 2 N–H and O–H groups in total. The van der Waals surface area contributed by atoms with E-state index in [2.05, 4.69) is 30.9 Å². The third-order valence-electron chi connectivity index (χ3n) is 4.74. The largest absolute Gasteiger partial charge is 0.493 e. The molecule has 0 radical (unpaired) electrons. The molecule has 20 heavy (non-hydrogen) atoms. The predicted octanol–water partition coefficient (Wildman–Crippen LogP) is 1.57. The van der Waals surface area contributed by atoms with Gasteiger partial charge in [0.1, 0.15) is 5.75 Å². The lowest BCUT2D eigenvalue weighted by Crippen LogP contribution is -2.57. The number of fused-ring (bicyclic) bond motifs is 1. The van der Waals surface area contributed by atoms with Gasteiger partial charge in [-0.25, -0.2) is 0 Å². The van der Waals surface area contributed by atoms with E-state index in [0.29, 0.717) is 6.54 Å². The first-order valence-electron chi connectivity index (χ1n) is 7.45. The van der Waals surface area contributed by atoms with Gasteiger partial charge in [-0.15, -0.1) is 0 Å². The fourth-order valence-corrected chi connectivity index (χ4v) is 3.64. The minimum Gasteiger partial charge on any atom is -0.493 e. The smallest absolute Gasteiger partial charge is 0.127 e. The van der Waals surface area contributed by atoms with Crippen LogP contribution in [0.5, 0.6) is 5.75 Å². The Morgan fingerprint density at radius 3 is 2.55 bits per heavy atom. The van der Waals surface area contributed by atoms with Crippen molar-refractivity contribution < 1.29 is 9.47 Å². The van der Waals surface area contributed by atoms with Gasteiger partial charge in [-0.1, -0.05) is 12.1 Å². The zero-order valence-electron chi connectivity index (χ0n) is 12.4. The second kappa shape index (κ2) is 5.35. The standard InChI is InChI=1S/C16H24N2O2/c1-12-3-4-13(2)15-14(12)16(11-17,5-8-20-15)18-6-9-19-10-7-18/h3-4H,5-11,17H2,1-2H3. The van der Waals surface area contributed by atoms with E-state index in [-0.39, 0.29) is 5.54 Å². The molecule has 4 nitrogen and oxygen atoms in total. The van der Waals surface area contributed by atoms with Gasteiger partial charge in [0.2, 0.25) is 0 Å². The van der Waals surface area contributed by atoms with Crippen LogP contribution in [0.25, 0.3) is 0 Å². The van der Waals surface area contributed by atoms with Crippen LogP contribution in [0.15, 0.2) is 12.1 Å². The second-order valence-electron chi connectivity index (χ2n) is 5.84. The number of rotatable bonds is 2. The number of aryl methyl sites for hydroxylation is 2. The normalized spacial score (nSPS) is 26.9. The van der Waals surface area contributed by atoms with E-state index in [1.54, 1.807) is 0 Å². The highest BCUT2D eigenvalue weighted by atomic mass is 16.5. The lowest BCUT2D eigenvalue weighted by molar-refractivity contribution is -0.0368. The third kappa shape index (κ3) is 2.03. The molecule has 110 valence electrons. The summed E-state index contributed by atoms with van der Waals surface area (Å²) in [5.41, 5.74) is 9.96. The van der Waals surface area contributed by atoms with Crippen LogP contribution < -0.4 is 10.5 Å². The Labute approximate surface area is 120 Å². The van der Waals surface area contributed by atoms with Gasteiger partial charge in [-0.05, 0) is 25.0 Å². The molecule has 2 aliphatic heterocycles. The van der Waals surface area contributed by atoms with Crippen LogP contribution in [0, 0.1) is 13.8 Å². The van der Waals surface area contributed by atoms with E-state index in [1.165, 1.54) is 16.7 Å². The Morgan fingerprint density at radius 1 is 1.15 bits per heavy atom. The fourth-order valence-electron chi connectivity index (χ4n) is 3.64. The average molecular weight is 276 g/mol. The van der Waals surface area contributed by atoms with Gasteiger partial charge in [-0.3, -0.25) is 4.90 Å². The number of benzene rings is 1. The number of hydrogen-bond donors (Lipinski definition) is 1. The molecular formula is C16H24N2O2. The summed E-state index contributed by atoms with van der Waals surface area (Å²) in [5.74, 6) is 1.05. The number of nitrogens with two attached hydrogens (primary N) is 1. The molecule has 0 aromatic heterocycles. The van der Waals surface area contributed by atoms with Crippen LogP contribution >= 0.6 is 0 Å². The molecule has 0 amide bonds. The van der Waals surface area contributed by atoms with E-state index in [0.717, 1.165) is 45.1 Å². The first-order chi connectivity index (χ1) is 9.69. The molecule has 1 unspecified atom stereocenters. The molecule has 4 heteroatoms. The van der Waals surface area contributed by atoms with Crippen LogP contribution in [0.1, 0.15) is 23.1 Å². The van der Waals surface area contributed by atoms with Crippen LogP contribution in [-0.4, -0.2) is 44.4 Å². The molecule has 3 rings (SSSR count). The van der Waals surface area contributed by atoms with E-state index in [1.807, 2.05) is 0 Å². The van der Waals surface area contributed by atoms with Gasteiger partial charge in [-0.2, -0.15) is 0 Å². The summed E-state index contributed by atoms with van der Waals surface area (Å²) < 4.78 is 11.5. The SMILES string of the molecule is Cc1ccc(C)c2c1OCCC2(CN)N1CCOCC1. The highest BCUT2D eigenvalue weighted by molar-refractivity contribution is 5.51. The maximum Gasteiger partial charge on any atom is 0.127 e. The minimum atomic E-state index is -0.0898. The molecule has 0 aliphatic carbocycles. The molecule has 0 spiro atoms. The number of morpholine rings is 1. The predicted molar refractivity (Wildman–Crippen MR) is 79.2 cm³/mol. The van der Waals surface area contributed by atoms with Gasteiger partial charge in [0.25, 0.3) is 0 Å². The highest BCUT2D eigenvalue weighted by Crippen LogP contribution is 2.44.